The Bertz CT molecular complexity index is 620. The van der Waals surface area contributed by atoms with Gasteiger partial charge in [0, 0.05) is 31.3 Å². The summed E-state index contributed by atoms with van der Waals surface area (Å²) in [6.45, 7) is 2.23. The number of hydrogen-bond donors (Lipinski definition) is 1. The summed E-state index contributed by atoms with van der Waals surface area (Å²) >= 11 is 0. The van der Waals surface area contributed by atoms with Crippen molar-refractivity contribution < 1.29 is 13.3 Å². The first-order valence-corrected chi connectivity index (χ1v) is 7.27. The Hall–Kier alpha value is -1.22. The van der Waals surface area contributed by atoms with E-state index < -0.39 is 14.9 Å². The van der Waals surface area contributed by atoms with Gasteiger partial charge < -0.3 is 5.73 Å². The van der Waals surface area contributed by atoms with E-state index in [-0.39, 0.29) is 29.0 Å². The summed E-state index contributed by atoms with van der Waals surface area (Å²) < 4.78 is 26.1. The molecule has 1 aromatic rings. The SMILES string of the molecule is Cc1cc([N+](=O)[O-])ccc1S(=O)(=O)N1CC[C@@H](N)C1.Cl. The van der Waals surface area contributed by atoms with Gasteiger partial charge in [-0.15, -0.1) is 12.4 Å². The molecule has 1 fully saturated rings. The van der Waals surface area contributed by atoms with Crippen molar-refractivity contribution in [3.05, 3.63) is 33.9 Å². The highest BCUT2D eigenvalue weighted by molar-refractivity contribution is 7.89. The second kappa shape index (κ2) is 6.04. The van der Waals surface area contributed by atoms with E-state index >= 15 is 0 Å². The molecule has 0 saturated carbocycles. The Balaban J connectivity index is 0.00000200. The molecule has 1 heterocycles. The molecule has 2 rings (SSSR count). The second-order valence-corrected chi connectivity index (χ2v) is 6.53. The molecule has 2 N–H and O–H groups in total. The number of nitro benzene ring substituents is 1. The van der Waals surface area contributed by atoms with Gasteiger partial charge in [-0.1, -0.05) is 0 Å². The predicted octanol–water partition coefficient (Wildman–Crippen LogP) is 1.05. The van der Waals surface area contributed by atoms with Crippen molar-refractivity contribution in [3.63, 3.8) is 0 Å². The lowest BCUT2D eigenvalue weighted by Crippen LogP contribution is -2.32. The first-order chi connectivity index (χ1) is 8.82. The summed E-state index contributed by atoms with van der Waals surface area (Å²) in [5.74, 6) is 0. The van der Waals surface area contributed by atoms with Crippen LogP contribution in [0.3, 0.4) is 0 Å². The molecule has 0 aromatic heterocycles. The average molecular weight is 322 g/mol. The van der Waals surface area contributed by atoms with Gasteiger partial charge in [-0.2, -0.15) is 4.31 Å². The molecule has 0 radical (unpaired) electrons. The molecule has 0 amide bonds. The van der Waals surface area contributed by atoms with E-state index in [4.69, 9.17) is 5.73 Å². The molecule has 1 aliphatic rings. The van der Waals surface area contributed by atoms with Crippen molar-refractivity contribution in [1.29, 1.82) is 0 Å². The standard InChI is InChI=1S/C11H15N3O4S.ClH/c1-8-6-10(14(15)16)2-3-11(8)19(17,18)13-5-4-9(12)7-13;/h2-3,6,9H,4-5,7,12H2,1H3;1H/t9-;/m1./s1. The molecule has 7 nitrogen and oxygen atoms in total. The largest absolute Gasteiger partial charge is 0.326 e. The monoisotopic (exact) mass is 321 g/mol. The molecule has 1 aliphatic heterocycles. The molecular formula is C11H16ClN3O4S. The summed E-state index contributed by atoms with van der Waals surface area (Å²) in [7, 11) is -3.61. The molecule has 0 aliphatic carbocycles. The zero-order valence-corrected chi connectivity index (χ0v) is 12.5. The van der Waals surface area contributed by atoms with E-state index in [1.165, 1.54) is 22.5 Å². The zero-order chi connectivity index (χ0) is 14.2. The number of sulfonamides is 1. The third-order valence-corrected chi connectivity index (χ3v) is 5.20. The Kier molecular flexibility index (Phi) is 5.09. The number of nitro groups is 1. The van der Waals surface area contributed by atoms with Gasteiger partial charge in [0.1, 0.15) is 0 Å². The van der Waals surface area contributed by atoms with Crippen LogP contribution in [0.1, 0.15) is 12.0 Å². The van der Waals surface area contributed by atoms with Gasteiger partial charge in [-0.3, -0.25) is 10.1 Å². The Morgan fingerprint density at radius 1 is 1.45 bits per heavy atom. The molecule has 1 aromatic carbocycles. The maximum Gasteiger partial charge on any atom is 0.269 e. The van der Waals surface area contributed by atoms with Gasteiger partial charge in [0.2, 0.25) is 10.0 Å². The number of hydrogen-bond acceptors (Lipinski definition) is 5. The number of nitrogens with zero attached hydrogens (tertiary/aromatic N) is 2. The minimum atomic E-state index is -3.61. The lowest BCUT2D eigenvalue weighted by Gasteiger charge is -2.17. The third-order valence-electron chi connectivity index (χ3n) is 3.17. The van der Waals surface area contributed by atoms with Gasteiger partial charge >= 0.3 is 0 Å². The maximum atomic E-state index is 12.4. The fourth-order valence-corrected chi connectivity index (χ4v) is 3.87. The van der Waals surface area contributed by atoms with Gasteiger partial charge in [0.25, 0.3) is 5.69 Å². The van der Waals surface area contributed by atoms with Crippen molar-refractivity contribution in [2.45, 2.75) is 24.3 Å². The van der Waals surface area contributed by atoms with Crippen molar-refractivity contribution in [2.24, 2.45) is 5.73 Å². The number of rotatable bonds is 3. The summed E-state index contributed by atoms with van der Waals surface area (Å²) in [5.41, 5.74) is 5.96. The quantitative estimate of drug-likeness (QED) is 0.661. The number of benzene rings is 1. The van der Waals surface area contributed by atoms with E-state index in [1.807, 2.05) is 0 Å². The fraction of sp³-hybridized carbons (Fsp3) is 0.455. The van der Waals surface area contributed by atoms with Crippen LogP contribution in [0.15, 0.2) is 23.1 Å². The fourth-order valence-electron chi connectivity index (χ4n) is 2.15. The Morgan fingerprint density at radius 2 is 2.10 bits per heavy atom. The van der Waals surface area contributed by atoms with Crippen LogP contribution in [-0.4, -0.2) is 36.8 Å². The molecule has 9 heteroatoms. The van der Waals surface area contributed by atoms with E-state index in [0.29, 0.717) is 25.1 Å². The van der Waals surface area contributed by atoms with Crippen LogP contribution in [0.4, 0.5) is 5.69 Å². The molecule has 1 atom stereocenters. The molecule has 1 saturated heterocycles. The van der Waals surface area contributed by atoms with Crippen LogP contribution < -0.4 is 5.73 Å². The van der Waals surface area contributed by atoms with Gasteiger partial charge in [-0.05, 0) is 25.0 Å². The zero-order valence-electron chi connectivity index (χ0n) is 10.9. The molecule has 0 bridgehead atoms. The average Bonchev–Trinajstić information content (AvgIpc) is 2.76. The first kappa shape index (κ1) is 16.8. The van der Waals surface area contributed by atoms with Crippen LogP contribution in [0, 0.1) is 17.0 Å². The topological polar surface area (TPSA) is 107 Å². The number of halogens is 1. The summed E-state index contributed by atoms with van der Waals surface area (Å²) in [5, 5.41) is 10.6. The lowest BCUT2D eigenvalue weighted by atomic mass is 10.2. The minimum Gasteiger partial charge on any atom is -0.326 e. The Morgan fingerprint density at radius 3 is 2.55 bits per heavy atom. The van der Waals surface area contributed by atoms with Gasteiger partial charge in [0.15, 0.2) is 0 Å². The highest BCUT2D eigenvalue weighted by Gasteiger charge is 2.32. The second-order valence-electron chi connectivity index (χ2n) is 4.62. The van der Waals surface area contributed by atoms with Crippen molar-refractivity contribution in [1.82, 2.24) is 4.31 Å². The third kappa shape index (κ3) is 3.09. The highest BCUT2D eigenvalue weighted by atomic mass is 35.5. The molecule has 0 spiro atoms. The highest BCUT2D eigenvalue weighted by Crippen LogP contribution is 2.26. The van der Waals surface area contributed by atoms with Crippen LogP contribution in [-0.2, 0) is 10.0 Å². The minimum absolute atomic E-state index is 0. The lowest BCUT2D eigenvalue weighted by molar-refractivity contribution is -0.385. The summed E-state index contributed by atoms with van der Waals surface area (Å²) in [4.78, 5) is 10.2. The van der Waals surface area contributed by atoms with Crippen LogP contribution >= 0.6 is 12.4 Å². The maximum absolute atomic E-state index is 12.4. The van der Waals surface area contributed by atoms with Crippen LogP contribution in [0.25, 0.3) is 0 Å². The van der Waals surface area contributed by atoms with E-state index in [0.717, 1.165) is 0 Å². The van der Waals surface area contributed by atoms with E-state index in [9.17, 15) is 18.5 Å². The summed E-state index contributed by atoms with van der Waals surface area (Å²) in [6.07, 6.45) is 0.630. The number of aryl methyl sites for hydroxylation is 1. The number of non-ortho nitro benzene ring substituents is 1. The first-order valence-electron chi connectivity index (χ1n) is 5.83. The van der Waals surface area contributed by atoms with Gasteiger partial charge in [0.05, 0.1) is 9.82 Å². The smallest absolute Gasteiger partial charge is 0.269 e. The van der Waals surface area contributed by atoms with Crippen molar-refractivity contribution >= 4 is 28.1 Å². The normalized spacial score (nSPS) is 19.6. The van der Waals surface area contributed by atoms with Crippen molar-refractivity contribution in [3.8, 4) is 0 Å². The molecule has 20 heavy (non-hydrogen) atoms. The number of nitrogens with two attached hydrogens (primary N) is 1. The predicted molar refractivity (Wildman–Crippen MR) is 76.4 cm³/mol. The Labute approximate surface area is 123 Å². The molecular weight excluding hydrogens is 306 g/mol. The van der Waals surface area contributed by atoms with Crippen molar-refractivity contribution in [2.75, 3.05) is 13.1 Å². The van der Waals surface area contributed by atoms with Crippen LogP contribution in [0.2, 0.25) is 0 Å². The van der Waals surface area contributed by atoms with E-state index in [1.54, 1.807) is 6.92 Å². The van der Waals surface area contributed by atoms with Crippen LogP contribution in [0.5, 0.6) is 0 Å². The van der Waals surface area contributed by atoms with E-state index in [2.05, 4.69) is 0 Å². The van der Waals surface area contributed by atoms with Gasteiger partial charge in [-0.25, -0.2) is 8.42 Å². The molecule has 0 unspecified atom stereocenters. The molecule has 112 valence electrons. The summed E-state index contributed by atoms with van der Waals surface area (Å²) in [6, 6.07) is 3.61.